The van der Waals surface area contributed by atoms with E-state index in [0.717, 1.165) is 0 Å². The smallest absolute Gasteiger partial charge is 0.274 e. The van der Waals surface area contributed by atoms with E-state index in [4.69, 9.17) is 15.9 Å². The Labute approximate surface area is 178 Å². The maximum Gasteiger partial charge on any atom is 0.274 e. The van der Waals surface area contributed by atoms with Gasteiger partial charge in [-0.2, -0.15) is 0 Å². The lowest BCUT2D eigenvalue weighted by Crippen LogP contribution is -2.30. The average molecular weight is 438 g/mol. The third-order valence-electron chi connectivity index (χ3n) is 4.46. The van der Waals surface area contributed by atoms with Gasteiger partial charge < -0.3 is 35.6 Å². The van der Waals surface area contributed by atoms with E-state index in [-0.39, 0.29) is 48.1 Å². The predicted molar refractivity (Wildman–Crippen MR) is 113 cm³/mol. The number of nitrogens with two attached hydrogens (primary N) is 1. The minimum Gasteiger partial charge on any atom is -0.388 e. The van der Waals surface area contributed by atoms with E-state index in [9.17, 15) is 14.4 Å². The van der Waals surface area contributed by atoms with Crippen LogP contribution < -0.4 is 16.0 Å². The van der Waals surface area contributed by atoms with Gasteiger partial charge in [0.1, 0.15) is 11.4 Å². The molecular weight excluding hydrogens is 414 g/mol. The Kier molecular flexibility index (Phi) is 7.24. The minimum absolute atomic E-state index is 0. The molecule has 2 aromatic heterocycles. The number of rotatable bonds is 8. The SMILES string of the molecule is CN(CCC(=N)N)C(=O)c1cc(N(C)C(=O)c2cc(NC(=O)C3CO3)c[nH]2)c[nH]1.Cl. The van der Waals surface area contributed by atoms with Crippen molar-refractivity contribution in [3.8, 4) is 0 Å². The van der Waals surface area contributed by atoms with Crippen LogP contribution in [0.2, 0.25) is 0 Å². The van der Waals surface area contributed by atoms with Gasteiger partial charge in [-0.25, -0.2) is 0 Å². The van der Waals surface area contributed by atoms with E-state index in [2.05, 4.69) is 15.3 Å². The number of nitrogens with zero attached hydrogens (tertiary/aromatic N) is 2. The molecule has 1 saturated heterocycles. The zero-order chi connectivity index (χ0) is 21.1. The monoisotopic (exact) mass is 437 g/mol. The van der Waals surface area contributed by atoms with Crippen LogP contribution in [-0.2, 0) is 9.53 Å². The summed E-state index contributed by atoms with van der Waals surface area (Å²) in [5.41, 5.74) is 6.89. The molecule has 0 bridgehead atoms. The minimum atomic E-state index is -0.420. The molecule has 1 unspecified atom stereocenters. The first kappa shape index (κ1) is 23.0. The highest BCUT2D eigenvalue weighted by molar-refractivity contribution is 6.06. The van der Waals surface area contributed by atoms with Gasteiger partial charge in [0.25, 0.3) is 17.7 Å². The van der Waals surface area contributed by atoms with Crippen molar-refractivity contribution in [1.82, 2.24) is 14.9 Å². The summed E-state index contributed by atoms with van der Waals surface area (Å²) in [4.78, 5) is 45.3. The van der Waals surface area contributed by atoms with Crippen LogP contribution >= 0.6 is 12.4 Å². The van der Waals surface area contributed by atoms with Gasteiger partial charge in [-0.05, 0) is 12.1 Å². The van der Waals surface area contributed by atoms with Crippen LogP contribution in [0.1, 0.15) is 27.4 Å². The van der Waals surface area contributed by atoms with E-state index in [1.165, 1.54) is 22.1 Å². The first-order valence-electron chi connectivity index (χ1n) is 8.92. The van der Waals surface area contributed by atoms with Gasteiger partial charge in [-0.3, -0.25) is 19.8 Å². The molecule has 0 aromatic carbocycles. The molecule has 0 radical (unpaired) electrons. The second-order valence-corrected chi connectivity index (χ2v) is 6.75. The van der Waals surface area contributed by atoms with Crippen LogP contribution in [0.5, 0.6) is 0 Å². The molecule has 1 aliphatic rings. The highest BCUT2D eigenvalue weighted by atomic mass is 35.5. The van der Waals surface area contributed by atoms with Gasteiger partial charge in [0.05, 0.1) is 23.8 Å². The molecule has 0 spiro atoms. The van der Waals surface area contributed by atoms with E-state index in [0.29, 0.717) is 30.2 Å². The molecule has 1 atom stereocenters. The van der Waals surface area contributed by atoms with Crippen LogP contribution in [0.15, 0.2) is 24.5 Å². The maximum absolute atomic E-state index is 12.7. The summed E-state index contributed by atoms with van der Waals surface area (Å²) in [5.74, 6) is -0.853. The summed E-state index contributed by atoms with van der Waals surface area (Å²) in [7, 11) is 3.19. The number of amides is 3. The van der Waals surface area contributed by atoms with Crippen molar-refractivity contribution < 1.29 is 19.1 Å². The lowest BCUT2D eigenvalue weighted by atomic mass is 10.3. The topological polar surface area (TPSA) is 164 Å². The van der Waals surface area contributed by atoms with Crippen molar-refractivity contribution in [2.24, 2.45) is 5.73 Å². The number of carbonyl (C=O) groups excluding carboxylic acids is 3. The van der Waals surface area contributed by atoms with E-state index in [1.54, 1.807) is 26.4 Å². The van der Waals surface area contributed by atoms with Crippen molar-refractivity contribution in [3.05, 3.63) is 35.9 Å². The number of epoxide rings is 1. The number of hydrogen-bond donors (Lipinski definition) is 5. The third-order valence-corrected chi connectivity index (χ3v) is 4.46. The molecule has 2 aromatic rings. The highest BCUT2D eigenvalue weighted by Crippen LogP contribution is 2.20. The number of halogens is 1. The molecule has 3 rings (SSSR count). The van der Waals surface area contributed by atoms with Crippen molar-refractivity contribution >= 4 is 47.3 Å². The molecule has 30 heavy (non-hydrogen) atoms. The number of ether oxygens (including phenoxy) is 1. The molecule has 162 valence electrons. The number of anilines is 2. The standard InChI is InChI=1S/C18H23N7O4.ClH/c1-24(4-3-15(19)20)17(27)13-6-11(8-22-13)25(2)18(28)12-5-10(7-21-12)23-16(26)14-9-29-14;/h5-8,14,21-22H,3-4,9H2,1-2H3,(H3,19,20)(H,23,26);1H. The Morgan fingerprint density at radius 1 is 1.20 bits per heavy atom. The van der Waals surface area contributed by atoms with E-state index >= 15 is 0 Å². The summed E-state index contributed by atoms with van der Waals surface area (Å²) in [5, 5.41) is 9.90. The van der Waals surface area contributed by atoms with Gasteiger partial charge in [0.15, 0.2) is 6.10 Å². The van der Waals surface area contributed by atoms with Crippen molar-refractivity contribution in [2.45, 2.75) is 12.5 Å². The van der Waals surface area contributed by atoms with Gasteiger partial charge >= 0.3 is 0 Å². The predicted octanol–water partition coefficient (Wildman–Crippen LogP) is 0.777. The van der Waals surface area contributed by atoms with Crippen molar-refractivity contribution in [1.29, 1.82) is 5.41 Å². The molecule has 1 fully saturated rings. The quantitative estimate of drug-likeness (QED) is 0.233. The lowest BCUT2D eigenvalue weighted by Gasteiger charge is -2.16. The molecule has 6 N–H and O–H groups in total. The number of aromatic nitrogens is 2. The number of H-pyrrole nitrogens is 2. The fourth-order valence-electron chi connectivity index (χ4n) is 2.61. The molecular formula is C18H24ClN7O4. The van der Waals surface area contributed by atoms with Crippen LogP contribution in [0, 0.1) is 5.41 Å². The Morgan fingerprint density at radius 2 is 1.83 bits per heavy atom. The fourth-order valence-corrected chi connectivity index (χ4v) is 2.61. The van der Waals surface area contributed by atoms with Crippen molar-refractivity contribution in [2.75, 3.05) is 37.5 Å². The zero-order valence-corrected chi connectivity index (χ0v) is 17.3. The summed E-state index contributed by atoms with van der Waals surface area (Å²) in [6.07, 6.45) is 2.94. The highest BCUT2D eigenvalue weighted by Gasteiger charge is 2.31. The summed E-state index contributed by atoms with van der Waals surface area (Å²) in [6.45, 7) is 0.726. The second-order valence-electron chi connectivity index (χ2n) is 6.75. The largest absolute Gasteiger partial charge is 0.388 e. The van der Waals surface area contributed by atoms with Gasteiger partial charge in [-0.1, -0.05) is 0 Å². The van der Waals surface area contributed by atoms with Crippen molar-refractivity contribution in [3.63, 3.8) is 0 Å². The zero-order valence-electron chi connectivity index (χ0n) is 16.5. The third kappa shape index (κ3) is 5.39. The fraction of sp³-hybridized carbons (Fsp3) is 0.333. The number of aromatic amines is 2. The lowest BCUT2D eigenvalue weighted by molar-refractivity contribution is -0.117. The van der Waals surface area contributed by atoms with Crippen LogP contribution in [0.3, 0.4) is 0 Å². The first-order valence-corrected chi connectivity index (χ1v) is 8.92. The summed E-state index contributed by atoms with van der Waals surface area (Å²) >= 11 is 0. The van der Waals surface area contributed by atoms with Gasteiger partial charge in [0, 0.05) is 39.5 Å². The maximum atomic E-state index is 12.7. The second kappa shape index (κ2) is 9.46. The molecule has 1 aliphatic heterocycles. The normalized spacial score (nSPS) is 14.4. The number of nitrogens with one attached hydrogen (secondary N) is 4. The number of hydrogen-bond acceptors (Lipinski definition) is 5. The number of amidine groups is 1. The average Bonchev–Trinajstić information content (AvgIpc) is 3.25. The Hall–Kier alpha value is -3.31. The molecule has 0 aliphatic carbocycles. The Balaban J connectivity index is 0.00000320. The molecule has 0 saturated carbocycles. The molecule has 3 heterocycles. The Bertz CT molecular complexity index is 950. The van der Waals surface area contributed by atoms with E-state index in [1.807, 2.05) is 0 Å². The summed E-state index contributed by atoms with van der Waals surface area (Å²) in [6, 6.07) is 3.11. The molecule has 11 nitrogen and oxygen atoms in total. The number of carbonyl (C=O) groups is 3. The van der Waals surface area contributed by atoms with Crippen LogP contribution in [0.4, 0.5) is 11.4 Å². The molecule has 12 heteroatoms. The van der Waals surface area contributed by atoms with Crippen LogP contribution in [0.25, 0.3) is 0 Å². The molecule has 3 amide bonds. The summed E-state index contributed by atoms with van der Waals surface area (Å²) < 4.78 is 4.91. The van der Waals surface area contributed by atoms with Crippen LogP contribution in [-0.4, -0.2) is 71.8 Å². The van der Waals surface area contributed by atoms with Gasteiger partial charge in [0.2, 0.25) is 0 Å². The van der Waals surface area contributed by atoms with E-state index < -0.39 is 6.10 Å². The first-order chi connectivity index (χ1) is 13.8. The van der Waals surface area contributed by atoms with Gasteiger partial charge in [-0.15, -0.1) is 12.4 Å². The Morgan fingerprint density at radius 3 is 2.47 bits per heavy atom.